The summed E-state index contributed by atoms with van der Waals surface area (Å²) in [7, 11) is 0. The molecule has 1 saturated heterocycles. The van der Waals surface area contributed by atoms with E-state index in [1.807, 2.05) is 11.8 Å². The minimum absolute atomic E-state index is 0.328. The van der Waals surface area contributed by atoms with E-state index in [1.165, 1.54) is 19.4 Å². The molecule has 1 fully saturated rings. The maximum atomic E-state index is 8.74. The average Bonchev–Trinajstić information content (AvgIpc) is 2.06. The molecule has 0 aromatic heterocycles. The molecule has 0 radical (unpaired) electrons. The Morgan fingerprint density at radius 2 is 2.50 bits per heavy atom. The van der Waals surface area contributed by atoms with Crippen molar-refractivity contribution >= 4 is 11.8 Å². The molecular weight excluding hydrogens is 170 g/mol. The summed E-state index contributed by atoms with van der Waals surface area (Å²) in [5, 5.41) is 13.5. The Balaban J connectivity index is 2.11. The van der Waals surface area contributed by atoms with Gasteiger partial charge in [0.05, 0.1) is 0 Å². The number of aliphatic hydroxyl groups is 1. The van der Waals surface area contributed by atoms with E-state index >= 15 is 0 Å². The quantitative estimate of drug-likeness (QED) is 0.698. The number of hydrogen-bond acceptors (Lipinski definition) is 3. The molecule has 0 saturated carbocycles. The number of hydrogen-bond donors (Lipinski definition) is 2. The highest BCUT2D eigenvalue weighted by Gasteiger charge is 2.15. The van der Waals surface area contributed by atoms with Crippen molar-refractivity contribution < 1.29 is 5.11 Å². The van der Waals surface area contributed by atoms with Crippen LogP contribution in [0.5, 0.6) is 0 Å². The average molecular weight is 189 g/mol. The smallest absolute Gasteiger partial charge is 0.0441 e. The zero-order valence-electron chi connectivity index (χ0n) is 7.75. The van der Waals surface area contributed by atoms with Crippen LogP contribution in [-0.4, -0.2) is 35.3 Å². The van der Waals surface area contributed by atoms with Gasteiger partial charge in [0.25, 0.3) is 0 Å². The lowest BCUT2D eigenvalue weighted by Gasteiger charge is -2.24. The fraction of sp³-hybridized carbons (Fsp3) is 1.00. The first-order valence-corrected chi connectivity index (χ1v) is 5.74. The lowest BCUT2D eigenvalue weighted by atomic mass is 10.2. The van der Waals surface area contributed by atoms with Gasteiger partial charge in [0.1, 0.15) is 0 Å². The standard InChI is InChI=1S/C9H19NOS/c1-8(4-6-11)12-9-3-2-5-10-7-9/h8-11H,2-7H2,1H3. The van der Waals surface area contributed by atoms with Crippen molar-refractivity contribution in [2.75, 3.05) is 19.7 Å². The molecule has 0 aliphatic carbocycles. The summed E-state index contributed by atoms with van der Waals surface area (Å²) in [5.74, 6) is 0. The molecule has 72 valence electrons. The number of nitrogens with one attached hydrogen (secondary N) is 1. The van der Waals surface area contributed by atoms with Gasteiger partial charge in [-0.15, -0.1) is 0 Å². The van der Waals surface area contributed by atoms with Crippen molar-refractivity contribution in [1.82, 2.24) is 5.32 Å². The molecule has 1 aliphatic rings. The van der Waals surface area contributed by atoms with E-state index in [1.54, 1.807) is 0 Å². The lowest BCUT2D eigenvalue weighted by molar-refractivity contribution is 0.288. The molecule has 12 heavy (non-hydrogen) atoms. The van der Waals surface area contributed by atoms with Gasteiger partial charge in [-0.25, -0.2) is 0 Å². The molecule has 1 heterocycles. The fourth-order valence-electron chi connectivity index (χ4n) is 1.51. The van der Waals surface area contributed by atoms with Gasteiger partial charge in [-0.3, -0.25) is 0 Å². The molecule has 1 rings (SSSR count). The summed E-state index contributed by atoms with van der Waals surface area (Å²) in [5.41, 5.74) is 0. The van der Waals surface area contributed by atoms with Crippen molar-refractivity contribution in [3.63, 3.8) is 0 Å². The molecule has 2 unspecified atom stereocenters. The molecule has 1 aliphatic heterocycles. The molecule has 3 heteroatoms. The van der Waals surface area contributed by atoms with E-state index in [9.17, 15) is 0 Å². The van der Waals surface area contributed by atoms with Gasteiger partial charge < -0.3 is 10.4 Å². The number of thioether (sulfide) groups is 1. The van der Waals surface area contributed by atoms with Crippen LogP contribution in [-0.2, 0) is 0 Å². The van der Waals surface area contributed by atoms with Crippen LogP contribution in [0.2, 0.25) is 0 Å². The second-order valence-electron chi connectivity index (χ2n) is 3.43. The van der Waals surface area contributed by atoms with Crippen LogP contribution >= 0.6 is 11.8 Å². The highest BCUT2D eigenvalue weighted by Crippen LogP contribution is 2.24. The van der Waals surface area contributed by atoms with Crippen molar-refractivity contribution in [3.05, 3.63) is 0 Å². The first kappa shape index (κ1) is 10.4. The van der Waals surface area contributed by atoms with Gasteiger partial charge >= 0.3 is 0 Å². The van der Waals surface area contributed by atoms with Crippen molar-refractivity contribution in [2.45, 2.75) is 36.7 Å². The van der Waals surface area contributed by atoms with E-state index < -0.39 is 0 Å². The zero-order chi connectivity index (χ0) is 8.81. The van der Waals surface area contributed by atoms with Gasteiger partial charge in [-0.1, -0.05) is 6.92 Å². The van der Waals surface area contributed by atoms with E-state index in [-0.39, 0.29) is 0 Å². The molecule has 2 nitrogen and oxygen atoms in total. The van der Waals surface area contributed by atoms with Crippen LogP contribution in [0.1, 0.15) is 26.2 Å². The van der Waals surface area contributed by atoms with Gasteiger partial charge in [-0.2, -0.15) is 11.8 Å². The first-order chi connectivity index (χ1) is 5.83. The van der Waals surface area contributed by atoms with Crippen molar-refractivity contribution in [3.8, 4) is 0 Å². The van der Waals surface area contributed by atoms with E-state index in [4.69, 9.17) is 5.11 Å². The van der Waals surface area contributed by atoms with Gasteiger partial charge in [0, 0.05) is 23.7 Å². The highest BCUT2D eigenvalue weighted by atomic mass is 32.2. The van der Waals surface area contributed by atoms with Crippen LogP contribution in [0, 0.1) is 0 Å². The zero-order valence-corrected chi connectivity index (χ0v) is 8.57. The van der Waals surface area contributed by atoms with Gasteiger partial charge in [0.2, 0.25) is 0 Å². The maximum absolute atomic E-state index is 8.74. The second kappa shape index (κ2) is 5.84. The second-order valence-corrected chi connectivity index (χ2v) is 5.17. The van der Waals surface area contributed by atoms with Crippen molar-refractivity contribution in [2.24, 2.45) is 0 Å². The number of aliphatic hydroxyl groups excluding tert-OH is 1. The lowest BCUT2D eigenvalue weighted by Crippen LogP contribution is -2.32. The fourth-order valence-corrected chi connectivity index (χ4v) is 2.93. The molecule has 0 spiro atoms. The van der Waals surface area contributed by atoms with E-state index in [2.05, 4.69) is 12.2 Å². The Morgan fingerprint density at radius 3 is 3.08 bits per heavy atom. The maximum Gasteiger partial charge on any atom is 0.0441 e. The van der Waals surface area contributed by atoms with E-state index in [0.29, 0.717) is 11.9 Å². The summed E-state index contributed by atoms with van der Waals surface area (Å²) in [6.45, 7) is 4.87. The SMILES string of the molecule is CC(CCO)SC1CCCNC1. The summed E-state index contributed by atoms with van der Waals surface area (Å²) in [6.07, 6.45) is 3.58. The Labute approximate surface area is 79.1 Å². The van der Waals surface area contributed by atoms with E-state index in [0.717, 1.165) is 18.2 Å². The summed E-state index contributed by atoms with van der Waals surface area (Å²) in [6, 6.07) is 0. The third-order valence-corrected chi connectivity index (χ3v) is 3.70. The third-order valence-electron chi connectivity index (χ3n) is 2.21. The number of rotatable bonds is 4. The predicted molar refractivity (Wildman–Crippen MR) is 54.6 cm³/mol. The Kier molecular flexibility index (Phi) is 5.04. The molecule has 0 amide bonds. The molecule has 0 aromatic carbocycles. The van der Waals surface area contributed by atoms with Crippen LogP contribution in [0.15, 0.2) is 0 Å². The molecule has 2 atom stereocenters. The first-order valence-electron chi connectivity index (χ1n) is 4.80. The van der Waals surface area contributed by atoms with Crippen LogP contribution in [0.25, 0.3) is 0 Å². The highest BCUT2D eigenvalue weighted by molar-refractivity contribution is 8.00. The van der Waals surface area contributed by atoms with Gasteiger partial charge in [0.15, 0.2) is 0 Å². The third kappa shape index (κ3) is 3.78. The summed E-state index contributed by atoms with van der Waals surface area (Å²) >= 11 is 2.02. The van der Waals surface area contributed by atoms with Crippen molar-refractivity contribution in [1.29, 1.82) is 0 Å². The normalized spacial score (nSPS) is 27.0. The Bertz CT molecular complexity index is 115. The topological polar surface area (TPSA) is 32.3 Å². The molecule has 0 bridgehead atoms. The van der Waals surface area contributed by atoms with Gasteiger partial charge in [-0.05, 0) is 25.8 Å². The monoisotopic (exact) mass is 189 g/mol. The van der Waals surface area contributed by atoms with Crippen LogP contribution < -0.4 is 5.32 Å². The minimum atomic E-state index is 0.328. The predicted octanol–water partition coefficient (Wildman–Crippen LogP) is 1.24. The Hall–Kier alpha value is 0.270. The molecular formula is C9H19NOS. The van der Waals surface area contributed by atoms with Crippen LogP contribution in [0.3, 0.4) is 0 Å². The Morgan fingerprint density at radius 1 is 1.67 bits per heavy atom. The molecule has 0 aromatic rings. The summed E-state index contributed by atoms with van der Waals surface area (Å²) < 4.78 is 0. The molecule has 2 N–H and O–H groups in total. The number of piperidine rings is 1. The van der Waals surface area contributed by atoms with Crippen LogP contribution in [0.4, 0.5) is 0 Å². The minimum Gasteiger partial charge on any atom is -0.396 e. The summed E-state index contributed by atoms with van der Waals surface area (Å²) in [4.78, 5) is 0. The largest absolute Gasteiger partial charge is 0.396 e.